The molecule has 0 bridgehead atoms. The van der Waals surface area contributed by atoms with Gasteiger partial charge in [-0.05, 0) is 32.1 Å². The van der Waals surface area contributed by atoms with E-state index in [0.717, 1.165) is 52.1 Å². The van der Waals surface area contributed by atoms with E-state index in [9.17, 15) is 8.42 Å². The van der Waals surface area contributed by atoms with Crippen molar-refractivity contribution in [3.8, 4) is 0 Å². The summed E-state index contributed by atoms with van der Waals surface area (Å²) in [4.78, 5) is 2.33. The van der Waals surface area contributed by atoms with Crippen LogP contribution < -0.4 is 10.9 Å². The summed E-state index contributed by atoms with van der Waals surface area (Å²) in [5.74, 6) is 0.387. The van der Waals surface area contributed by atoms with Crippen molar-refractivity contribution in [2.75, 3.05) is 45.2 Å². The minimum atomic E-state index is -3.39. The first-order valence-electron chi connectivity index (χ1n) is 9.12. The molecule has 1 heterocycles. The van der Waals surface area contributed by atoms with Crippen LogP contribution in [0.25, 0.3) is 0 Å². The molecule has 0 spiro atoms. The molecule has 1 unspecified atom stereocenters. The SMILES string of the molecule is NC(CCCCS(N)(=O)=O)(OCCN1CCOCC1)C1CCCC1. The fraction of sp³-hybridized carbons (Fsp3) is 1.00. The van der Waals surface area contributed by atoms with Crippen molar-refractivity contribution in [1.29, 1.82) is 0 Å². The molecule has 0 aromatic carbocycles. The molecule has 0 aromatic rings. The van der Waals surface area contributed by atoms with E-state index in [0.29, 0.717) is 25.4 Å². The Morgan fingerprint density at radius 1 is 1.17 bits per heavy atom. The van der Waals surface area contributed by atoms with Crippen LogP contribution >= 0.6 is 0 Å². The Morgan fingerprint density at radius 3 is 2.46 bits per heavy atom. The smallest absolute Gasteiger partial charge is 0.209 e. The van der Waals surface area contributed by atoms with Gasteiger partial charge in [0.1, 0.15) is 5.72 Å². The molecule has 4 N–H and O–H groups in total. The Labute approximate surface area is 146 Å². The molecule has 8 heteroatoms. The third-order valence-electron chi connectivity index (χ3n) is 5.17. The number of rotatable bonds is 10. The third kappa shape index (κ3) is 6.93. The Bertz CT molecular complexity index is 462. The summed E-state index contributed by atoms with van der Waals surface area (Å²) in [6, 6.07) is 0. The molecule has 1 aliphatic carbocycles. The van der Waals surface area contributed by atoms with Gasteiger partial charge in [0.05, 0.1) is 25.6 Å². The number of sulfonamides is 1. The lowest BCUT2D eigenvalue weighted by atomic mass is 9.90. The first-order valence-corrected chi connectivity index (χ1v) is 10.8. The lowest BCUT2D eigenvalue weighted by molar-refractivity contribution is -0.0972. The lowest BCUT2D eigenvalue weighted by Gasteiger charge is -2.37. The minimum absolute atomic E-state index is 0.0154. The molecule has 0 aromatic heterocycles. The second kappa shape index (κ2) is 9.45. The number of nitrogens with zero attached hydrogens (tertiary/aromatic N) is 1. The summed E-state index contributed by atoms with van der Waals surface area (Å²) in [6.45, 7) is 4.93. The second-order valence-corrected chi connectivity index (χ2v) is 8.80. The van der Waals surface area contributed by atoms with E-state index in [1.165, 1.54) is 12.8 Å². The molecule has 142 valence electrons. The monoisotopic (exact) mass is 363 g/mol. The molecular weight excluding hydrogens is 330 g/mol. The van der Waals surface area contributed by atoms with Crippen LogP contribution in [0.5, 0.6) is 0 Å². The highest BCUT2D eigenvalue weighted by Gasteiger charge is 2.37. The Morgan fingerprint density at radius 2 is 1.83 bits per heavy atom. The largest absolute Gasteiger partial charge is 0.379 e. The van der Waals surface area contributed by atoms with Crippen LogP contribution in [0.2, 0.25) is 0 Å². The van der Waals surface area contributed by atoms with Gasteiger partial charge in [0.25, 0.3) is 0 Å². The van der Waals surface area contributed by atoms with E-state index >= 15 is 0 Å². The molecule has 2 rings (SSSR count). The number of unbranched alkanes of at least 4 members (excludes halogenated alkanes) is 1. The number of hydrogen-bond acceptors (Lipinski definition) is 6. The number of nitrogens with two attached hydrogens (primary N) is 2. The van der Waals surface area contributed by atoms with Crippen LogP contribution in [0.3, 0.4) is 0 Å². The molecule has 1 saturated carbocycles. The van der Waals surface area contributed by atoms with Crippen molar-refractivity contribution < 1.29 is 17.9 Å². The fourth-order valence-electron chi connectivity index (χ4n) is 3.70. The predicted octanol–water partition coefficient (Wildman–Crippen LogP) is 0.639. The molecule has 0 amide bonds. The van der Waals surface area contributed by atoms with Gasteiger partial charge in [-0.2, -0.15) is 0 Å². The van der Waals surface area contributed by atoms with Gasteiger partial charge in [0, 0.05) is 25.6 Å². The number of hydrogen-bond donors (Lipinski definition) is 2. The Kier molecular flexibility index (Phi) is 7.90. The highest BCUT2D eigenvalue weighted by molar-refractivity contribution is 7.89. The van der Waals surface area contributed by atoms with Crippen LogP contribution in [0.4, 0.5) is 0 Å². The lowest BCUT2D eigenvalue weighted by Crippen LogP contribution is -2.50. The Hall–Kier alpha value is -0.250. The van der Waals surface area contributed by atoms with Crippen LogP contribution in [0.1, 0.15) is 44.9 Å². The summed E-state index contributed by atoms with van der Waals surface area (Å²) in [6.07, 6.45) is 6.56. The van der Waals surface area contributed by atoms with Gasteiger partial charge in [0.15, 0.2) is 0 Å². The second-order valence-electron chi connectivity index (χ2n) is 7.06. The Balaban J connectivity index is 1.78. The molecule has 1 atom stereocenters. The average Bonchev–Trinajstić information content (AvgIpc) is 3.07. The molecule has 7 nitrogen and oxygen atoms in total. The summed E-state index contributed by atoms with van der Waals surface area (Å²) < 4.78 is 33.6. The summed E-state index contributed by atoms with van der Waals surface area (Å²) in [5, 5.41) is 5.06. The van der Waals surface area contributed by atoms with E-state index in [1.807, 2.05) is 0 Å². The van der Waals surface area contributed by atoms with E-state index in [1.54, 1.807) is 0 Å². The van der Waals surface area contributed by atoms with Gasteiger partial charge in [-0.3, -0.25) is 4.90 Å². The first kappa shape index (κ1) is 20.1. The maximum Gasteiger partial charge on any atom is 0.209 e. The van der Waals surface area contributed by atoms with Crippen LogP contribution in [0, 0.1) is 5.92 Å². The van der Waals surface area contributed by atoms with Crippen molar-refractivity contribution in [2.24, 2.45) is 16.8 Å². The van der Waals surface area contributed by atoms with Crippen molar-refractivity contribution in [2.45, 2.75) is 50.7 Å². The fourth-order valence-corrected chi connectivity index (χ4v) is 4.31. The average molecular weight is 364 g/mol. The predicted molar refractivity (Wildman–Crippen MR) is 93.9 cm³/mol. The van der Waals surface area contributed by atoms with Crippen LogP contribution in [-0.2, 0) is 19.5 Å². The third-order valence-corrected chi connectivity index (χ3v) is 6.03. The van der Waals surface area contributed by atoms with E-state index in [2.05, 4.69) is 4.90 Å². The van der Waals surface area contributed by atoms with Gasteiger partial charge in [-0.15, -0.1) is 0 Å². The summed E-state index contributed by atoms with van der Waals surface area (Å²) in [5.41, 5.74) is 5.98. The maximum atomic E-state index is 11.1. The molecular formula is C16H33N3O4S. The number of ether oxygens (including phenoxy) is 2. The van der Waals surface area contributed by atoms with Gasteiger partial charge < -0.3 is 15.2 Å². The van der Waals surface area contributed by atoms with Gasteiger partial charge >= 0.3 is 0 Å². The molecule has 24 heavy (non-hydrogen) atoms. The maximum absolute atomic E-state index is 11.1. The van der Waals surface area contributed by atoms with E-state index in [4.69, 9.17) is 20.3 Å². The summed E-state index contributed by atoms with van der Waals surface area (Å²) >= 11 is 0. The molecule has 0 radical (unpaired) electrons. The first-order chi connectivity index (χ1) is 11.4. The van der Waals surface area contributed by atoms with Crippen molar-refractivity contribution in [3.63, 3.8) is 0 Å². The quantitative estimate of drug-likeness (QED) is 0.436. The highest BCUT2D eigenvalue weighted by atomic mass is 32.2. The topological polar surface area (TPSA) is 108 Å². The van der Waals surface area contributed by atoms with Gasteiger partial charge in [-0.1, -0.05) is 12.8 Å². The van der Waals surface area contributed by atoms with Crippen molar-refractivity contribution in [1.82, 2.24) is 4.90 Å². The highest BCUT2D eigenvalue weighted by Crippen LogP contribution is 2.36. The van der Waals surface area contributed by atoms with Crippen LogP contribution in [-0.4, -0.2) is 64.3 Å². The normalized spacial score (nSPS) is 23.4. The van der Waals surface area contributed by atoms with Crippen molar-refractivity contribution >= 4 is 10.0 Å². The minimum Gasteiger partial charge on any atom is -0.379 e. The van der Waals surface area contributed by atoms with E-state index in [-0.39, 0.29) is 5.75 Å². The zero-order valence-electron chi connectivity index (χ0n) is 14.6. The summed E-state index contributed by atoms with van der Waals surface area (Å²) in [7, 11) is -3.39. The number of primary sulfonamides is 1. The van der Waals surface area contributed by atoms with Gasteiger partial charge in [0.2, 0.25) is 10.0 Å². The molecule has 1 saturated heterocycles. The zero-order valence-corrected chi connectivity index (χ0v) is 15.4. The molecule has 2 fully saturated rings. The van der Waals surface area contributed by atoms with Crippen molar-refractivity contribution in [3.05, 3.63) is 0 Å². The zero-order chi connectivity index (χ0) is 17.5. The van der Waals surface area contributed by atoms with Gasteiger partial charge in [-0.25, -0.2) is 13.6 Å². The van der Waals surface area contributed by atoms with E-state index < -0.39 is 15.7 Å². The molecule has 1 aliphatic heterocycles. The number of morpholine rings is 1. The molecule has 2 aliphatic rings. The van der Waals surface area contributed by atoms with Crippen LogP contribution in [0.15, 0.2) is 0 Å². The standard InChI is InChI=1S/C16H33N3O4S/c17-16(15-5-1-2-6-15,7-3-4-14-24(18,20)21)23-13-10-19-8-11-22-12-9-19/h15H,1-14,17H2,(H2,18,20,21).